The molecule has 2 aromatic rings. The molecule has 1 aliphatic rings. The summed E-state index contributed by atoms with van der Waals surface area (Å²) in [6.45, 7) is 4.03. The second-order valence-electron chi connectivity index (χ2n) is 6.82. The number of nitrogens with zero attached hydrogens (tertiary/aromatic N) is 2. The van der Waals surface area contributed by atoms with Gasteiger partial charge in [-0.1, -0.05) is 0 Å². The summed E-state index contributed by atoms with van der Waals surface area (Å²) in [6, 6.07) is 4.54. The van der Waals surface area contributed by atoms with Gasteiger partial charge in [-0.2, -0.15) is 0 Å². The number of guanidine groups is 1. The molecule has 148 valence electrons. The van der Waals surface area contributed by atoms with Gasteiger partial charge in [0.15, 0.2) is 5.96 Å². The van der Waals surface area contributed by atoms with Gasteiger partial charge in [0.2, 0.25) is 5.91 Å². The number of hydrogen-bond donors (Lipinski definition) is 2. The minimum atomic E-state index is -0.273. The number of furan rings is 1. The standard InChI is InChI=1S/C19H25FN4O2.HI/c1-12-15-9-14(20)5-6-16(15)26-17(12)10-23-19(22-2)24-7-3-4-13(11-24)8-18(21)25;/h5-6,9,13H,3-4,7-8,10-11H2,1-2H3,(H2,21,25)(H,22,23);1H. The molecule has 3 rings (SSSR count). The number of carbonyl (C=O) groups excluding carboxylic acids is 1. The molecule has 1 atom stereocenters. The van der Waals surface area contributed by atoms with Gasteiger partial charge in [-0.3, -0.25) is 9.79 Å². The molecule has 1 amide bonds. The van der Waals surface area contributed by atoms with Crippen LogP contribution in [-0.4, -0.2) is 36.9 Å². The number of halogens is 2. The Morgan fingerprint density at radius 3 is 2.96 bits per heavy atom. The lowest BCUT2D eigenvalue weighted by atomic mass is 9.95. The Kier molecular flexibility index (Phi) is 7.46. The van der Waals surface area contributed by atoms with Crippen molar-refractivity contribution in [3.63, 3.8) is 0 Å². The van der Waals surface area contributed by atoms with E-state index in [-0.39, 0.29) is 41.6 Å². The highest BCUT2D eigenvalue weighted by atomic mass is 127. The normalized spacial score (nSPS) is 17.7. The lowest BCUT2D eigenvalue weighted by Gasteiger charge is -2.34. The predicted molar refractivity (Wildman–Crippen MR) is 115 cm³/mol. The number of carbonyl (C=O) groups is 1. The molecule has 1 unspecified atom stereocenters. The molecule has 1 aromatic carbocycles. The molecule has 27 heavy (non-hydrogen) atoms. The molecule has 0 radical (unpaired) electrons. The highest BCUT2D eigenvalue weighted by molar-refractivity contribution is 14.0. The fourth-order valence-electron chi connectivity index (χ4n) is 3.61. The van der Waals surface area contributed by atoms with Gasteiger partial charge in [0, 0.05) is 37.5 Å². The van der Waals surface area contributed by atoms with Crippen LogP contribution in [0.25, 0.3) is 11.0 Å². The third-order valence-electron chi connectivity index (χ3n) is 4.92. The number of amides is 1. The van der Waals surface area contributed by atoms with E-state index in [1.165, 1.54) is 12.1 Å². The summed E-state index contributed by atoms with van der Waals surface area (Å²) in [4.78, 5) is 17.7. The van der Waals surface area contributed by atoms with E-state index in [1.807, 2.05) is 6.92 Å². The van der Waals surface area contributed by atoms with Gasteiger partial charge in [-0.25, -0.2) is 4.39 Å². The Bertz CT molecular complexity index is 836. The van der Waals surface area contributed by atoms with Gasteiger partial charge in [0.05, 0.1) is 6.54 Å². The molecular formula is C19H26FIN4O2. The Labute approximate surface area is 175 Å². The summed E-state index contributed by atoms with van der Waals surface area (Å²) in [7, 11) is 1.74. The number of hydrogen-bond acceptors (Lipinski definition) is 3. The molecule has 2 heterocycles. The van der Waals surface area contributed by atoms with Crippen LogP contribution in [0.2, 0.25) is 0 Å². The monoisotopic (exact) mass is 488 g/mol. The Morgan fingerprint density at radius 1 is 1.48 bits per heavy atom. The molecule has 0 spiro atoms. The molecule has 0 bridgehead atoms. The first-order chi connectivity index (χ1) is 12.5. The van der Waals surface area contributed by atoms with Crippen molar-refractivity contribution >= 4 is 46.8 Å². The number of rotatable bonds is 4. The fraction of sp³-hybridized carbons (Fsp3) is 0.474. The molecule has 8 heteroatoms. The van der Waals surface area contributed by atoms with E-state index < -0.39 is 0 Å². The second-order valence-corrected chi connectivity index (χ2v) is 6.82. The van der Waals surface area contributed by atoms with Crippen LogP contribution in [0, 0.1) is 18.7 Å². The Balaban J connectivity index is 0.00000261. The van der Waals surface area contributed by atoms with Gasteiger partial charge in [-0.05, 0) is 43.9 Å². The van der Waals surface area contributed by atoms with Crippen LogP contribution in [0.4, 0.5) is 4.39 Å². The molecule has 3 N–H and O–H groups in total. The van der Waals surface area contributed by atoms with E-state index in [0.29, 0.717) is 18.5 Å². The summed E-state index contributed by atoms with van der Waals surface area (Å²) >= 11 is 0. The van der Waals surface area contributed by atoms with Gasteiger partial charge in [0.25, 0.3) is 0 Å². The van der Waals surface area contributed by atoms with Crippen molar-refractivity contribution in [1.29, 1.82) is 0 Å². The maximum atomic E-state index is 13.4. The number of aryl methyl sites for hydroxylation is 1. The van der Waals surface area contributed by atoms with E-state index >= 15 is 0 Å². The zero-order valence-corrected chi connectivity index (χ0v) is 18.0. The quantitative estimate of drug-likeness (QED) is 0.394. The largest absolute Gasteiger partial charge is 0.459 e. The third kappa shape index (κ3) is 5.12. The number of likely N-dealkylation sites (tertiary alicyclic amines) is 1. The maximum Gasteiger partial charge on any atom is 0.217 e. The third-order valence-corrected chi connectivity index (χ3v) is 4.92. The molecule has 1 saturated heterocycles. The van der Waals surface area contributed by atoms with Crippen molar-refractivity contribution in [3.8, 4) is 0 Å². The maximum absolute atomic E-state index is 13.4. The number of fused-ring (bicyclic) bond motifs is 1. The topological polar surface area (TPSA) is 83.9 Å². The SMILES string of the molecule is CN=C(NCc1oc2ccc(F)cc2c1C)N1CCCC(CC(N)=O)C1.I. The highest BCUT2D eigenvalue weighted by Crippen LogP contribution is 2.26. The molecule has 1 aliphatic heterocycles. The number of nitrogens with two attached hydrogens (primary N) is 1. The summed E-state index contributed by atoms with van der Waals surface area (Å²) in [6.07, 6.45) is 2.41. The first kappa shape index (κ1) is 21.5. The van der Waals surface area contributed by atoms with Gasteiger partial charge in [0.1, 0.15) is 17.2 Å². The summed E-state index contributed by atoms with van der Waals surface area (Å²) in [5.74, 6) is 1.26. The molecule has 1 aromatic heterocycles. The first-order valence-corrected chi connectivity index (χ1v) is 8.89. The number of piperidine rings is 1. The van der Waals surface area contributed by atoms with Crippen molar-refractivity contribution in [2.24, 2.45) is 16.6 Å². The van der Waals surface area contributed by atoms with Crippen molar-refractivity contribution in [1.82, 2.24) is 10.2 Å². The van der Waals surface area contributed by atoms with Crippen LogP contribution < -0.4 is 11.1 Å². The first-order valence-electron chi connectivity index (χ1n) is 8.89. The van der Waals surface area contributed by atoms with E-state index in [2.05, 4.69) is 15.2 Å². The van der Waals surface area contributed by atoms with Crippen molar-refractivity contribution < 1.29 is 13.6 Å². The van der Waals surface area contributed by atoms with Crippen molar-refractivity contribution in [3.05, 3.63) is 35.3 Å². The van der Waals surface area contributed by atoms with E-state index in [1.54, 1.807) is 13.1 Å². The number of primary amides is 1. The lowest BCUT2D eigenvalue weighted by molar-refractivity contribution is -0.119. The minimum absolute atomic E-state index is 0. The van der Waals surface area contributed by atoms with Crippen LogP contribution in [0.3, 0.4) is 0 Å². The fourth-order valence-corrected chi connectivity index (χ4v) is 3.61. The lowest BCUT2D eigenvalue weighted by Crippen LogP contribution is -2.46. The minimum Gasteiger partial charge on any atom is -0.459 e. The predicted octanol–water partition coefficient (Wildman–Crippen LogP) is 3.16. The van der Waals surface area contributed by atoms with Crippen LogP contribution >= 0.6 is 24.0 Å². The Hall–Kier alpha value is -1.84. The van der Waals surface area contributed by atoms with Crippen LogP contribution in [0.15, 0.2) is 27.6 Å². The average Bonchev–Trinajstić information content (AvgIpc) is 2.91. The number of nitrogens with one attached hydrogen (secondary N) is 1. The summed E-state index contributed by atoms with van der Waals surface area (Å²) in [5.41, 5.74) is 6.93. The van der Waals surface area contributed by atoms with Crippen molar-refractivity contribution in [2.75, 3.05) is 20.1 Å². The zero-order valence-electron chi connectivity index (χ0n) is 15.6. The van der Waals surface area contributed by atoms with E-state index in [9.17, 15) is 9.18 Å². The second kappa shape index (κ2) is 9.38. The average molecular weight is 488 g/mol. The highest BCUT2D eigenvalue weighted by Gasteiger charge is 2.24. The van der Waals surface area contributed by atoms with Crippen molar-refractivity contribution in [2.45, 2.75) is 32.7 Å². The summed E-state index contributed by atoms with van der Waals surface area (Å²) in [5, 5.41) is 4.11. The Morgan fingerprint density at radius 2 is 2.26 bits per heavy atom. The van der Waals surface area contributed by atoms with E-state index in [0.717, 1.165) is 48.6 Å². The molecule has 0 aliphatic carbocycles. The molecular weight excluding hydrogens is 462 g/mol. The number of aliphatic imine (C=N–C) groups is 1. The number of benzene rings is 1. The van der Waals surface area contributed by atoms with Gasteiger partial charge < -0.3 is 20.4 Å². The summed E-state index contributed by atoms with van der Waals surface area (Å²) < 4.78 is 19.3. The zero-order chi connectivity index (χ0) is 18.7. The van der Waals surface area contributed by atoms with E-state index in [4.69, 9.17) is 10.2 Å². The van der Waals surface area contributed by atoms with Gasteiger partial charge in [-0.15, -0.1) is 24.0 Å². The molecule has 1 fully saturated rings. The van der Waals surface area contributed by atoms with Crippen LogP contribution in [0.5, 0.6) is 0 Å². The van der Waals surface area contributed by atoms with Crippen LogP contribution in [-0.2, 0) is 11.3 Å². The molecule has 0 saturated carbocycles. The molecule has 6 nitrogen and oxygen atoms in total. The van der Waals surface area contributed by atoms with Gasteiger partial charge >= 0.3 is 0 Å². The smallest absolute Gasteiger partial charge is 0.217 e. The van der Waals surface area contributed by atoms with Crippen LogP contribution in [0.1, 0.15) is 30.6 Å².